The van der Waals surface area contributed by atoms with E-state index in [1.54, 1.807) is 0 Å². The van der Waals surface area contributed by atoms with E-state index in [0.717, 1.165) is 25.9 Å². The monoisotopic (exact) mass is 204 g/mol. The third kappa shape index (κ3) is 2.26. The molecule has 1 aliphatic rings. The van der Waals surface area contributed by atoms with Gasteiger partial charge in [0, 0.05) is 6.42 Å². The molecule has 2 heteroatoms. The van der Waals surface area contributed by atoms with Gasteiger partial charge in [-0.05, 0) is 29.0 Å². The molecule has 2 nitrogen and oxygen atoms in total. The van der Waals surface area contributed by atoms with Crippen LogP contribution in [-0.4, -0.2) is 12.9 Å². The Bertz CT molecular complexity index is 358. The number of benzene rings is 1. The average Bonchev–Trinajstić information content (AvgIpc) is 2.29. The Morgan fingerprint density at radius 3 is 3.13 bits per heavy atom. The molecule has 0 radical (unpaired) electrons. The second-order valence-corrected chi connectivity index (χ2v) is 4.13. The number of rotatable bonds is 3. The molecule has 15 heavy (non-hydrogen) atoms. The number of ether oxygens (including phenoxy) is 1. The summed E-state index contributed by atoms with van der Waals surface area (Å²) >= 11 is 0. The normalized spacial score (nSPS) is 16.9. The molecule has 1 heterocycles. The van der Waals surface area contributed by atoms with Crippen molar-refractivity contribution in [2.24, 2.45) is 0 Å². The average molecular weight is 204 g/mol. The zero-order valence-corrected chi connectivity index (χ0v) is 9.03. The van der Waals surface area contributed by atoms with E-state index >= 15 is 0 Å². The highest BCUT2D eigenvalue weighted by Gasteiger charge is 2.12. The predicted molar refractivity (Wildman–Crippen MR) is 58.9 cm³/mol. The minimum atomic E-state index is 0.329. The first-order valence-electron chi connectivity index (χ1n) is 5.44. The second-order valence-electron chi connectivity index (χ2n) is 4.13. The van der Waals surface area contributed by atoms with Gasteiger partial charge in [-0.3, -0.25) is 0 Å². The van der Waals surface area contributed by atoms with Crippen LogP contribution in [0.1, 0.15) is 36.0 Å². The van der Waals surface area contributed by atoms with Crippen LogP contribution < -0.4 is 0 Å². The molecule has 0 bridgehead atoms. The molecular weight excluding hydrogens is 188 g/mol. The van der Waals surface area contributed by atoms with E-state index in [1.165, 1.54) is 16.7 Å². The number of aldehydes is 1. The Morgan fingerprint density at radius 2 is 2.33 bits per heavy atom. The molecule has 1 unspecified atom stereocenters. The first-order valence-corrected chi connectivity index (χ1v) is 5.44. The van der Waals surface area contributed by atoms with Crippen LogP contribution in [0.15, 0.2) is 18.2 Å². The van der Waals surface area contributed by atoms with Crippen LogP contribution in [0.2, 0.25) is 0 Å². The van der Waals surface area contributed by atoms with Gasteiger partial charge in [0.2, 0.25) is 0 Å². The Labute approximate surface area is 90.3 Å². The second kappa shape index (κ2) is 4.58. The van der Waals surface area contributed by atoms with Crippen molar-refractivity contribution in [2.75, 3.05) is 6.61 Å². The van der Waals surface area contributed by atoms with Crippen molar-refractivity contribution in [2.45, 2.75) is 32.3 Å². The number of carbonyl (C=O) groups excluding carboxylic acids is 1. The minimum Gasteiger partial charge on any atom is -0.376 e. The summed E-state index contributed by atoms with van der Waals surface area (Å²) < 4.78 is 5.39. The SMILES string of the molecule is CC(CC=O)c1ccc2c(c1)CCOC2. The molecule has 0 aliphatic carbocycles. The lowest BCUT2D eigenvalue weighted by molar-refractivity contribution is -0.108. The first-order chi connectivity index (χ1) is 7.31. The maximum Gasteiger partial charge on any atom is 0.120 e. The van der Waals surface area contributed by atoms with Gasteiger partial charge in [-0.1, -0.05) is 25.1 Å². The number of hydrogen-bond donors (Lipinski definition) is 0. The van der Waals surface area contributed by atoms with Gasteiger partial charge in [-0.2, -0.15) is 0 Å². The molecule has 80 valence electrons. The van der Waals surface area contributed by atoms with Crippen molar-refractivity contribution in [1.82, 2.24) is 0 Å². The van der Waals surface area contributed by atoms with Crippen molar-refractivity contribution in [3.63, 3.8) is 0 Å². The number of fused-ring (bicyclic) bond motifs is 1. The third-order valence-electron chi connectivity index (χ3n) is 3.02. The van der Waals surface area contributed by atoms with E-state index in [9.17, 15) is 4.79 Å². The Morgan fingerprint density at radius 1 is 1.47 bits per heavy atom. The highest BCUT2D eigenvalue weighted by atomic mass is 16.5. The van der Waals surface area contributed by atoms with Gasteiger partial charge < -0.3 is 9.53 Å². The lowest BCUT2D eigenvalue weighted by atomic mass is 9.93. The van der Waals surface area contributed by atoms with Gasteiger partial charge >= 0.3 is 0 Å². The molecule has 1 aromatic carbocycles. The van der Waals surface area contributed by atoms with Crippen LogP contribution in [-0.2, 0) is 22.6 Å². The topological polar surface area (TPSA) is 26.3 Å². The maximum absolute atomic E-state index is 10.5. The Hall–Kier alpha value is -1.15. The summed E-state index contributed by atoms with van der Waals surface area (Å²) in [5.41, 5.74) is 3.95. The summed E-state index contributed by atoms with van der Waals surface area (Å²) in [4.78, 5) is 10.5. The van der Waals surface area contributed by atoms with Gasteiger partial charge in [-0.15, -0.1) is 0 Å². The minimum absolute atomic E-state index is 0.329. The van der Waals surface area contributed by atoms with Crippen molar-refractivity contribution in [3.8, 4) is 0 Å². The summed E-state index contributed by atoms with van der Waals surface area (Å²) in [6, 6.07) is 6.47. The smallest absolute Gasteiger partial charge is 0.120 e. The highest BCUT2D eigenvalue weighted by molar-refractivity contribution is 5.51. The van der Waals surface area contributed by atoms with Crippen LogP contribution in [0, 0.1) is 0 Å². The molecule has 0 saturated carbocycles. The standard InChI is InChI=1S/C13H16O2/c1-10(4-6-14)11-2-3-13-9-15-7-5-12(13)8-11/h2-3,6,8,10H,4-5,7,9H2,1H3. The van der Waals surface area contributed by atoms with Gasteiger partial charge in [-0.25, -0.2) is 0 Å². The van der Waals surface area contributed by atoms with Crippen LogP contribution in [0.4, 0.5) is 0 Å². The quantitative estimate of drug-likeness (QED) is 0.707. The van der Waals surface area contributed by atoms with Crippen LogP contribution in [0.25, 0.3) is 0 Å². The van der Waals surface area contributed by atoms with Gasteiger partial charge in [0.05, 0.1) is 13.2 Å². The van der Waals surface area contributed by atoms with Crippen LogP contribution in [0.5, 0.6) is 0 Å². The lowest BCUT2D eigenvalue weighted by Gasteiger charge is -2.18. The molecule has 1 aliphatic heterocycles. The molecule has 0 amide bonds. The molecule has 2 rings (SSSR count). The third-order valence-corrected chi connectivity index (χ3v) is 3.02. The Balaban J connectivity index is 2.23. The Kier molecular flexibility index (Phi) is 3.17. The highest BCUT2D eigenvalue weighted by Crippen LogP contribution is 2.24. The fraction of sp³-hybridized carbons (Fsp3) is 0.462. The first kappa shape index (κ1) is 10.4. The molecule has 0 aromatic heterocycles. The van der Waals surface area contributed by atoms with E-state index in [2.05, 4.69) is 25.1 Å². The van der Waals surface area contributed by atoms with E-state index in [1.807, 2.05) is 0 Å². The van der Waals surface area contributed by atoms with Crippen molar-refractivity contribution >= 4 is 6.29 Å². The van der Waals surface area contributed by atoms with Gasteiger partial charge in [0.15, 0.2) is 0 Å². The molecular formula is C13H16O2. The number of hydrogen-bond acceptors (Lipinski definition) is 2. The van der Waals surface area contributed by atoms with E-state index in [4.69, 9.17) is 4.74 Å². The largest absolute Gasteiger partial charge is 0.376 e. The van der Waals surface area contributed by atoms with E-state index in [-0.39, 0.29) is 0 Å². The fourth-order valence-electron chi connectivity index (χ4n) is 1.97. The van der Waals surface area contributed by atoms with Crippen molar-refractivity contribution in [3.05, 3.63) is 34.9 Å². The molecule has 0 N–H and O–H groups in total. The summed E-state index contributed by atoms with van der Waals surface area (Å²) in [6.07, 6.45) is 2.60. The summed E-state index contributed by atoms with van der Waals surface area (Å²) in [7, 11) is 0. The maximum atomic E-state index is 10.5. The van der Waals surface area contributed by atoms with Gasteiger partial charge in [0.1, 0.15) is 6.29 Å². The molecule has 0 saturated heterocycles. The van der Waals surface area contributed by atoms with Gasteiger partial charge in [0.25, 0.3) is 0 Å². The van der Waals surface area contributed by atoms with E-state index < -0.39 is 0 Å². The predicted octanol–water partition coefficient (Wildman–Crippen LogP) is 2.45. The van der Waals surface area contributed by atoms with Crippen LogP contribution in [0.3, 0.4) is 0 Å². The lowest BCUT2D eigenvalue weighted by Crippen LogP contribution is -2.10. The molecule has 0 fully saturated rings. The molecule has 0 spiro atoms. The fourth-order valence-corrected chi connectivity index (χ4v) is 1.97. The number of carbonyl (C=O) groups is 1. The zero-order chi connectivity index (χ0) is 10.7. The van der Waals surface area contributed by atoms with Crippen LogP contribution >= 0.6 is 0 Å². The summed E-state index contributed by atoms with van der Waals surface area (Å²) in [5.74, 6) is 0.329. The summed E-state index contributed by atoms with van der Waals surface area (Å²) in [6.45, 7) is 3.64. The van der Waals surface area contributed by atoms with Crippen molar-refractivity contribution in [1.29, 1.82) is 0 Å². The molecule has 1 atom stereocenters. The van der Waals surface area contributed by atoms with Crippen molar-refractivity contribution < 1.29 is 9.53 Å². The van der Waals surface area contributed by atoms with E-state index in [0.29, 0.717) is 12.3 Å². The zero-order valence-electron chi connectivity index (χ0n) is 9.03. The molecule has 1 aromatic rings. The summed E-state index contributed by atoms with van der Waals surface area (Å²) in [5, 5.41) is 0.